The van der Waals surface area contributed by atoms with Crippen LogP contribution in [0.2, 0.25) is 0 Å². The lowest BCUT2D eigenvalue weighted by Gasteiger charge is -2.40. The third-order valence-electron chi connectivity index (χ3n) is 7.78. The van der Waals surface area contributed by atoms with E-state index in [4.69, 9.17) is 18.9 Å². The van der Waals surface area contributed by atoms with Crippen molar-refractivity contribution in [3.63, 3.8) is 0 Å². The highest BCUT2D eigenvalue weighted by molar-refractivity contribution is 5.77. The van der Waals surface area contributed by atoms with Crippen molar-refractivity contribution in [2.75, 3.05) is 6.61 Å². The summed E-state index contributed by atoms with van der Waals surface area (Å²) in [6.45, 7) is 4.60. The van der Waals surface area contributed by atoms with Crippen molar-refractivity contribution in [3.05, 3.63) is 60.2 Å². The van der Waals surface area contributed by atoms with E-state index in [1.807, 2.05) is 0 Å². The fraction of sp³-hybridized carbons (Fsp3) is 0.500. The Hall–Kier alpha value is -3.19. The minimum absolute atomic E-state index is 0.0366. The quantitative estimate of drug-likeness (QED) is 0.125. The van der Waals surface area contributed by atoms with E-state index in [1.54, 1.807) is 6.92 Å². The van der Waals surface area contributed by atoms with Gasteiger partial charge in [0.05, 0.1) is 18.8 Å². The lowest BCUT2D eigenvalue weighted by atomic mass is 9.95. The molecule has 2 aliphatic rings. The molecule has 45 heavy (non-hydrogen) atoms. The summed E-state index contributed by atoms with van der Waals surface area (Å²) in [5, 5.41) is 102. The number of hydrogen-bond donors (Lipinski definition) is 10. The zero-order valence-corrected chi connectivity index (χ0v) is 24.1. The third-order valence-corrected chi connectivity index (χ3v) is 7.78. The Morgan fingerprint density at radius 3 is 1.84 bits per heavy atom. The molecule has 2 saturated heterocycles. The van der Waals surface area contributed by atoms with E-state index in [1.165, 1.54) is 42.5 Å². The molecule has 12 atom stereocenters. The molecular formula is C30H38O15. The molecule has 2 unspecified atom stereocenters. The number of aliphatic hydroxyl groups excluding tert-OH is 9. The van der Waals surface area contributed by atoms with Crippen molar-refractivity contribution in [2.24, 2.45) is 0 Å². The highest BCUT2D eigenvalue weighted by atomic mass is 16.7. The SMILES string of the molecule is C=CC(O)c1ccc(O[C@@H]2O[C@H](C(=O)O)[C@@H](O)[C@H](O)[C@H]2O)c(-c2cc(C(O)CC)ccc2O[C@@H]2O[C@H](CO)[C@@H](O)[C@H](O)[C@H]2O)c1. The molecule has 10 N–H and O–H groups in total. The first kappa shape index (κ1) is 34.7. The van der Waals surface area contributed by atoms with Crippen LogP contribution in [0.4, 0.5) is 0 Å². The summed E-state index contributed by atoms with van der Waals surface area (Å²) < 4.78 is 22.6. The van der Waals surface area contributed by atoms with Crippen LogP contribution in [0.15, 0.2) is 49.1 Å². The Balaban J connectivity index is 1.83. The average molecular weight is 639 g/mol. The zero-order valence-electron chi connectivity index (χ0n) is 24.1. The predicted molar refractivity (Wildman–Crippen MR) is 152 cm³/mol. The Morgan fingerprint density at radius 1 is 0.822 bits per heavy atom. The third kappa shape index (κ3) is 7.14. The van der Waals surface area contributed by atoms with E-state index in [0.29, 0.717) is 12.0 Å². The van der Waals surface area contributed by atoms with Crippen LogP contribution in [-0.2, 0) is 14.3 Å². The Labute approximate surface area is 257 Å². The molecular weight excluding hydrogens is 600 g/mol. The summed E-state index contributed by atoms with van der Waals surface area (Å²) in [5.74, 6) is -1.76. The molecule has 0 saturated carbocycles. The molecule has 15 heteroatoms. The molecule has 0 aliphatic carbocycles. The van der Waals surface area contributed by atoms with Crippen LogP contribution in [0, 0.1) is 0 Å². The summed E-state index contributed by atoms with van der Waals surface area (Å²) in [6.07, 6.45) is -18.2. The number of carboxylic acids is 1. The predicted octanol–water partition coefficient (Wildman–Crippen LogP) is -1.53. The zero-order chi connectivity index (χ0) is 33.2. The van der Waals surface area contributed by atoms with Gasteiger partial charge in [0.1, 0.15) is 54.2 Å². The van der Waals surface area contributed by atoms with Gasteiger partial charge in [0.2, 0.25) is 12.6 Å². The van der Waals surface area contributed by atoms with E-state index in [0.717, 1.165) is 0 Å². The van der Waals surface area contributed by atoms with Crippen molar-refractivity contribution in [3.8, 4) is 22.6 Å². The lowest BCUT2D eigenvalue weighted by molar-refractivity contribution is -0.277. The standard InChI is InChI=1S/C30H38O15/c1-3-16(32)12-5-7-18(42-29-25(38)22(35)21(34)20(11-31)44-29)14(9-12)15-10-13(17(33)4-2)6-8-19(15)43-30-26(39)23(36)24(37)27(45-30)28(40)41/h4-10,16-17,20-27,29-39H,2-3,11H2,1H3,(H,40,41)/t16?,17?,20-,21-,22+,23+,24+,25-,26-,27+,29-,30-/m1/s1. The molecule has 0 aromatic heterocycles. The van der Waals surface area contributed by atoms with Crippen LogP contribution >= 0.6 is 0 Å². The monoisotopic (exact) mass is 638 g/mol. The maximum Gasteiger partial charge on any atom is 0.335 e. The number of carboxylic acid groups (broad SMARTS) is 1. The average Bonchev–Trinajstić information content (AvgIpc) is 3.04. The fourth-order valence-electron chi connectivity index (χ4n) is 5.05. The molecule has 248 valence electrons. The van der Waals surface area contributed by atoms with Gasteiger partial charge in [0.25, 0.3) is 0 Å². The van der Waals surface area contributed by atoms with Gasteiger partial charge in [0, 0.05) is 11.1 Å². The lowest BCUT2D eigenvalue weighted by Crippen LogP contribution is -2.61. The van der Waals surface area contributed by atoms with Crippen LogP contribution in [0.1, 0.15) is 36.7 Å². The summed E-state index contributed by atoms with van der Waals surface area (Å²) in [6, 6.07) is 8.65. The van der Waals surface area contributed by atoms with Gasteiger partial charge >= 0.3 is 5.97 Å². The van der Waals surface area contributed by atoms with Crippen molar-refractivity contribution in [1.29, 1.82) is 0 Å². The maximum absolute atomic E-state index is 11.6. The summed E-state index contributed by atoms with van der Waals surface area (Å²) in [5.41, 5.74) is 0.941. The van der Waals surface area contributed by atoms with Crippen molar-refractivity contribution in [2.45, 2.75) is 87.0 Å². The largest absolute Gasteiger partial charge is 0.479 e. The number of hydrogen-bond acceptors (Lipinski definition) is 14. The Morgan fingerprint density at radius 2 is 1.33 bits per heavy atom. The van der Waals surface area contributed by atoms with Gasteiger partial charge in [-0.2, -0.15) is 0 Å². The number of rotatable bonds is 11. The van der Waals surface area contributed by atoms with Gasteiger partial charge in [-0.05, 0) is 41.8 Å². The second-order valence-electron chi connectivity index (χ2n) is 10.8. The maximum atomic E-state index is 11.6. The van der Waals surface area contributed by atoms with Crippen LogP contribution in [0.25, 0.3) is 11.1 Å². The first-order chi connectivity index (χ1) is 21.3. The van der Waals surface area contributed by atoms with Gasteiger partial charge in [-0.3, -0.25) is 0 Å². The minimum Gasteiger partial charge on any atom is -0.479 e. The second kappa shape index (κ2) is 14.5. The van der Waals surface area contributed by atoms with Crippen molar-refractivity contribution >= 4 is 5.97 Å². The van der Waals surface area contributed by atoms with E-state index in [9.17, 15) is 55.9 Å². The van der Waals surface area contributed by atoms with E-state index >= 15 is 0 Å². The molecule has 2 heterocycles. The van der Waals surface area contributed by atoms with E-state index in [-0.39, 0.29) is 28.2 Å². The molecule has 0 bridgehead atoms. The molecule has 0 spiro atoms. The molecule has 2 fully saturated rings. The van der Waals surface area contributed by atoms with Crippen LogP contribution in [0.5, 0.6) is 11.5 Å². The molecule has 2 aromatic carbocycles. The molecule has 4 rings (SSSR count). The van der Waals surface area contributed by atoms with Gasteiger partial charge in [-0.15, -0.1) is 6.58 Å². The fourth-order valence-corrected chi connectivity index (χ4v) is 5.05. The molecule has 0 radical (unpaired) electrons. The Bertz CT molecular complexity index is 1330. The molecule has 2 aliphatic heterocycles. The molecule has 0 amide bonds. The second-order valence-corrected chi connectivity index (χ2v) is 10.8. The summed E-state index contributed by atoms with van der Waals surface area (Å²) in [7, 11) is 0. The van der Waals surface area contributed by atoms with Crippen LogP contribution in [0.3, 0.4) is 0 Å². The molecule has 2 aromatic rings. The van der Waals surface area contributed by atoms with Crippen LogP contribution < -0.4 is 9.47 Å². The van der Waals surface area contributed by atoms with Gasteiger partial charge in [0.15, 0.2) is 6.10 Å². The number of aliphatic hydroxyl groups is 9. The van der Waals surface area contributed by atoms with Gasteiger partial charge in [-0.1, -0.05) is 25.1 Å². The topological polar surface area (TPSA) is 256 Å². The smallest absolute Gasteiger partial charge is 0.335 e. The molecule has 15 nitrogen and oxygen atoms in total. The van der Waals surface area contributed by atoms with Gasteiger partial charge < -0.3 is 70.0 Å². The normalized spacial score (nSPS) is 33.2. The number of benzene rings is 2. The van der Waals surface area contributed by atoms with Crippen molar-refractivity contribution < 1.29 is 74.8 Å². The minimum atomic E-state index is -1.97. The first-order valence-corrected chi connectivity index (χ1v) is 14.2. The van der Waals surface area contributed by atoms with Crippen molar-refractivity contribution in [1.82, 2.24) is 0 Å². The van der Waals surface area contributed by atoms with Crippen LogP contribution in [-0.4, -0.2) is 125 Å². The summed E-state index contributed by atoms with van der Waals surface area (Å²) in [4.78, 5) is 11.6. The highest BCUT2D eigenvalue weighted by Gasteiger charge is 2.48. The van der Waals surface area contributed by atoms with Gasteiger partial charge in [-0.25, -0.2) is 4.79 Å². The van der Waals surface area contributed by atoms with E-state index in [2.05, 4.69) is 6.58 Å². The summed E-state index contributed by atoms with van der Waals surface area (Å²) >= 11 is 0. The number of aliphatic carboxylic acids is 1. The Kier molecular flexibility index (Phi) is 11.2. The van der Waals surface area contributed by atoms with E-state index < -0.39 is 86.2 Å². The highest BCUT2D eigenvalue weighted by Crippen LogP contribution is 2.42. The first-order valence-electron chi connectivity index (χ1n) is 14.2. The number of carbonyl (C=O) groups is 1. The number of ether oxygens (including phenoxy) is 4.